The van der Waals surface area contributed by atoms with Crippen LogP contribution in [0.5, 0.6) is 11.5 Å². The summed E-state index contributed by atoms with van der Waals surface area (Å²) in [5, 5.41) is 6.48. The van der Waals surface area contributed by atoms with Crippen LogP contribution in [0.3, 0.4) is 0 Å². The molecule has 0 bridgehead atoms. The molecule has 0 aliphatic rings. The Kier molecular flexibility index (Phi) is 9.07. The van der Waals surface area contributed by atoms with Gasteiger partial charge in [-0.2, -0.15) is 0 Å². The highest BCUT2D eigenvalue weighted by molar-refractivity contribution is 5.79. The van der Waals surface area contributed by atoms with E-state index in [4.69, 9.17) is 14.2 Å². The van der Waals surface area contributed by atoms with Gasteiger partial charge in [-0.1, -0.05) is 12.1 Å². The first-order valence-corrected chi connectivity index (χ1v) is 9.18. The summed E-state index contributed by atoms with van der Waals surface area (Å²) in [5.41, 5.74) is 1.11. The average molecular weight is 389 g/mol. The Morgan fingerprint density at radius 1 is 1.00 bits per heavy atom. The predicted octanol–water partition coefficient (Wildman–Crippen LogP) is 2.98. The third-order valence-electron chi connectivity index (χ3n) is 3.87. The van der Waals surface area contributed by atoms with Gasteiger partial charge in [0.15, 0.2) is 5.96 Å². The fraction of sp³-hybridized carbons (Fsp3) is 0.381. The van der Waals surface area contributed by atoms with Crippen LogP contribution >= 0.6 is 0 Å². The van der Waals surface area contributed by atoms with Crippen LogP contribution in [0.2, 0.25) is 0 Å². The molecule has 6 nitrogen and oxygen atoms in total. The van der Waals surface area contributed by atoms with Gasteiger partial charge in [0.2, 0.25) is 0 Å². The van der Waals surface area contributed by atoms with E-state index >= 15 is 0 Å². The number of hydrogen-bond acceptors (Lipinski definition) is 4. The number of ether oxygens (including phenoxy) is 3. The van der Waals surface area contributed by atoms with Crippen molar-refractivity contribution in [3.05, 3.63) is 59.9 Å². The van der Waals surface area contributed by atoms with Crippen LogP contribution in [-0.2, 0) is 11.3 Å². The molecule has 0 aromatic heterocycles. The Morgan fingerprint density at radius 3 is 2.32 bits per heavy atom. The lowest BCUT2D eigenvalue weighted by atomic mass is 10.2. The van der Waals surface area contributed by atoms with Gasteiger partial charge in [-0.3, -0.25) is 4.99 Å². The summed E-state index contributed by atoms with van der Waals surface area (Å²) >= 11 is 0. The van der Waals surface area contributed by atoms with E-state index in [1.807, 2.05) is 31.2 Å². The highest BCUT2D eigenvalue weighted by Gasteiger charge is 2.06. The van der Waals surface area contributed by atoms with Crippen molar-refractivity contribution >= 4 is 5.96 Å². The molecule has 1 unspecified atom stereocenters. The maximum absolute atomic E-state index is 12.9. The summed E-state index contributed by atoms with van der Waals surface area (Å²) in [7, 11) is 3.36. The number of methoxy groups -OCH3 is 1. The molecule has 0 amide bonds. The van der Waals surface area contributed by atoms with E-state index in [-0.39, 0.29) is 11.9 Å². The Hall–Kier alpha value is -2.80. The molecule has 0 aliphatic heterocycles. The van der Waals surface area contributed by atoms with Gasteiger partial charge in [0.1, 0.15) is 30.0 Å². The molecule has 2 aromatic rings. The SMILES string of the molecule is CN=C(NCc1ccc(OCCOC)cc1)NCC(C)Oc1ccc(F)cc1. The van der Waals surface area contributed by atoms with Crippen LogP contribution < -0.4 is 20.1 Å². The molecule has 7 heteroatoms. The van der Waals surface area contributed by atoms with E-state index in [1.165, 1.54) is 12.1 Å². The van der Waals surface area contributed by atoms with Crippen molar-refractivity contribution in [3.63, 3.8) is 0 Å². The molecular weight excluding hydrogens is 361 g/mol. The summed E-state index contributed by atoms with van der Waals surface area (Å²) in [4.78, 5) is 4.21. The summed E-state index contributed by atoms with van der Waals surface area (Å²) in [6.07, 6.45) is -0.104. The lowest BCUT2D eigenvalue weighted by Crippen LogP contribution is -2.41. The van der Waals surface area contributed by atoms with Gasteiger partial charge in [-0.25, -0.2) is 4.39 Å². The standard InChI is InChI=1S/C21H28FN3O3/c1-16(28-20-10-6-18(22)7-11-20)14-24-21(23-2)25-15-17-4-8-19(9-5-17)27-13-12-26-3/h4-11,16H,12-15H2,1-3H3,(H2,23,24,25). The number of hydrogen-bond donors (Lipinski definition) is 2. The van der Waals surface area contributed by atoms with Gasteiger partial charge >= 0.3 is 0 Å². The van der Waals surface area contributed by atoms with Gasteiger partial charge in [-0.05, 0) is 48.9 Å². The molecule has 0 saturated carbocycles. The number of nitrogens with zero attached hydrogens (tertiary/aromatic N) is 1. The van der Waals surface area contributed by atoms with Gasteiger partial charge in [0, 0.05) is 20.7 Å². The summed E-state index contributed by atoms with van der Waals surface area (Å²) in [6, 6.07) is 13.9. The van der Waals surface area contributed by atoms with Crippen LogP contribution in [-0.4, -0.2) is 46.0 Å². The first-order valence-electron chi connectivity index (χ1n) is 9.18. The molecule has 0 saturated heterocycles. The van der Waals surface area contributed by atoms with Crippen LogP contribution in [0.15, 0.2) is 53.5 Å². The smallest absolute Gasteiger partial charge is 0.191 e. The van der Waals surface area contributed by atoms with Crippen LogP contribution in [0.4, 0.5) is 4.39 Å². The van der Waals surface area contributed by atoms with E-state index in [2.05, 4.69) is 15.6 Å². The second-order valence-corrected chi connectivity index (χ2v) is 6.17. The zero-order valence-electron chi connectivity index (χ0n) is 16.6. The number of guanidine groups is 1. The third-order valence-corrected chi connectivity index (χ3v) is 3.87. The molecule has 28 heavy (non-hydrogen) atoms. The Labute approximate surface area is 165 Å². The van der Waals surface area contributed by atoms with Gasteiger partial charge < -0.3 is 24.8 Å². The van der Waals surface area contributed by atoms with Crippen molar-refractivity contribution in [2.75, 3.05) is 33.9 Å². The number of halogens is 1. The molecule has 2 aromatic carbocycles. The normalized spacial score (nSPS) is 12.4. The van der Waals surface area contributed by atoms with E-state index in [1.54, 1.807) is 26.3 Å². The predicted molar refractivity (Wildman–Crippen MR) is 109 cm³/mol. The van der Waals surface area contributed by atoms with Crippen molar-refractivity contribution in [1.82, 2.24) is 10.6 Å². The highest BCUT2D eigenvalue weighted by Crippen LogP contribution is 2.13. The van der Waals surface area contributed by atoms with Crippen molar-refractivity contribution in [2.24, 2.45) is 4.99 Å². The fourth-order valence-electron chi connectivity index (χ4n) is 2.38. The lowest BCUT2D eigenvalue weighted by Gasteiger charge is -2.18. The van der Waals surface area contributed by atoms with Crippen LogP contribution in [0.1, 0.15) is 12.5 Å². The molecule has 2 rings (SSSR count). The molecule has 2 N–H and O–H groups in total. The number of aliphatic imine (C=N–C) groups is 1. The van der Waals surface area contributed by atoms with Gasteiger partial charge in [0.05, 0.1) is 13.2 Å². The zero-order chi connectivity index (χ0) is 20.2. The number of nitrogens with one attached hydrogen (secondary N) is 2. The Balaban J connectivity index is 1.72. The topological polar surface area (TPSA) is 64.1 Å². The number of benzene rings is 2. The van der Waals surface area contributed by atoms with Crippen LogP contribution in [0.25, 0.3) is 0 Å². The summed E-state index contributed by atoms with van der Waals surface area (Å²) < 4.78 is 29.2. The van der Waals surface area contributed by atoms with E-state index < -0.39 is 0 Å². The van der Waals surface area contributed by atoms with Crippen LogP contribution in [0, 0.1) is 5.82 Å². The van der Waals surface area contributed by atoms with E-state index in [9.17, 15) is 4.39 Å². The van der Waals surface area contributed by atoms with Crippen molar-refractivity contribution in [1.29, 1.82) is 0 Å². The molecule has 152 valence electrons. The zero-order valence-corrected chi connectivity index (χ0v) is 16.6. The Morgan fingerprint density at radius 2 is 1.68 bits per heavy atom. The fourth-order valence-corrected chi connectivity index (χ4v) is 2.38. The average Bonchev–Trinajstić information content (AvgIpc) is 2.71. The van der Waals surface area contributed by atoms with E-state index in [0.717, 1.165) is 11.3 Å². The van der Waals surface area contributed by atoms with Gasteiger partial charge in [0.25, 0.3) is 0 Å². The number of rotatable bonds is 10. The monoisotopic (exact) mass is 389 g/mol. The van der Waals surface area contributed by atoms with Gasteiger partial charge in [-0.15, -0.1) is 0 Å². The first-order chi connectivity index (χ1) is 13.6. The maximum Gasteiger partial charge on any atom is 0.191 e. The molecular formula is C21H28FN3O3. The van der Waals surface area contributed by atoms with Crippen molar-refractivity contribution < 1.29 is 18.6 Å². The second-order valence-electron chi connectivity index (χ2n) is 6.17. The largest absolute Gasteiger partial charge is 0.491 e. The Bertz CT molecular complexity index is 721. The maximum atomic E-state index is 12.9. The minimum Gasteiger partial charge on any atom is -0.491 e. The summed E-state index contributed by atoms with van der Waals surface area (Å²) in [5.74, 6) is 1.84. The first kappa shape index (κ1) is 21.5. The molecule has 0 fully saturated rings. The molecule has 0 spiro atoms. The van der Waals surface area contributed by atoms with Crippen molar-refractivity contribution in [3.8, 4) is 11.5 Å². The molecule has 0 heterocycles. The highest BCUT2D eigenvalue weighted by atomic mass is 19.1. The molecule has 0 aliphatic carbocycles. The summed E-state index contributed by atoms with van der Waals surface area (Å²) in [6.45, 7) is 4.22. The second kappa shape index (κ2) is 11.8. The van der Waals surface area contributed by atoms with Crippen molar-refractivity contribution in [2.45, 2.75) is 19.6 Å². The molecule has 1 atom stereocenters. The lowest BCUT2D eigenvalue weighted by molar-refractivity contribution is 0.146. The third kappa shape index (κ3) is 7.84. The molecule has 0 radical (unpaired) electrons. The quantitative estimate of drug-likeness (QED) is 0.372. The minimum atomic E-state index is -0.280. The minimum absolute atomic E-state index is 0.104. The van der Waals surface area contributed by atoms with E-state index in [0.29, 0.717) is 38.0 Å².